The number of amides is 1. The molecule has 0 aliphatic carbocycles. The molecular weight excluding hydrogens is 340 g/mol. The van der Waals surface area contributed by atoms with Crippen LogP contribution in [0.15, 0.2) is 59.1 Å². The third kappa shape index (κ3) is 4.37. The second kappa shape index (κ2) is 8.08. The fraction of sp³-hybridized carbons (Fsp3) is 0.273. The zero-order valence-corrected chi connectivity index (χ0v) is 16.0. The van der Waals surface area contributed by atoms with E-state index >= 15 is 0 Å². The van der Waals surface area contributed by atoms with Crippen molar-refractivity contribution in [2.45, 2.75) is 39.8 Å². The van der Waals surface area contributed by atoms with E-state index in [1.807, 2.05) is 75.4 Å². The Hall–Kier alpha value is -3.08. The summed E-state index contributed by atoms with van der Waals surface area (Å²) in [6, 6.07) is 17.1. The van der Waals surface area contributed by atoms with Crippen LogP contribution in [0.25, 0.3) is 11.3 Å². The van der Waals surface area contributed by atoms with Gasteiger partial charge in [-0.25, -0.2) is 0 Å². The Morgan fingerprint density at radius 1 is 1.07 bits per heavy atom. The zero-order valence-electron chi connectivity index (χ0n) is 16.0. The minimum atomic E-state index is -0.213. The molecule has 5 heteroatoms. The standard InChI is InChI=1S/C22H24N2O3/c1-14(2)26-19-12-8-11-18(13-19)15(3)23-22(25)20-16(4)27-24-21(20)17-9-6-5-7-10-17/h5-15H,1-4H3,(H,23,25). The van der Waals surface area contributed by atoms with Crippen LogP contribution in [0.5, 0.6) is 5.75 Å². The number of aromatic nitrogens is 1. The lowest BCUT2D eigenvalue weighted by Crippen LogP contribution is -2.27. The van der Waals surface area contributed by atoms with Gasteiger partial charge in [0.1, 0.15) is 22.8 Å². The summed E-state index contributed by atoms with van der Waals surface area (Å²) in [4.78, 5) is 12.9. The summed E-state index contributed by atoms with van der Waals surface area (Å²) in [6.07, 6.45) is 0.0956. The summed E-state index contributed by atoms with van der Waals surface area (Å²) in [5.74, 6) is 1.07. The van der Waals surface area contributed by atoms with Crippen LogP contribution in [0.1, 0.15) is 48.5 Å². The summed E-state index contributed by atoms with van der Waals surface area (Å²) < 4.78 is 11.0. The lowest BCUT2D eigenvalue weighted by molar-refractivity contribution is 0.0938. The van der Waals surface area contributed by atoms with E-state index in [9.17, 15) is 4.79 Å². The average Bonchev–Trinajstić information content (AvgIpc) is 3.03. The average molecular weight is 364 g/mol. The topological polar surface area (TPSA) is 64.4 Å². The Labute approximate surface area is 159 Å². The van der Waals surface area contributed by atoms with Crippen molar-refractivity contribution >= 4 is 5.91 Å². The maximum absolute atomic E-state index is 12.9. The van der Waals surface area contributed by atoms with Crippen LogP contribution in [-0.4, -0.2) is 17.2 Å². The summed E-state index contributed by atoms with van der Waals surface area (Å²) in [7, 11) is 0. The largest absolute Gasteiger partial charge is 0.491 e. The summed E-state index contributed by atoms with van der Waals surface area (Å²) >= 11 is 0. The number of rotatable bonds is 6. The molecule has 0 saturated carbocycles. The molecule has 0 radical (unpaired) electrons. The summed E-state index contributed by atoms with van der Waals surface area (Å²) in [5, 5.41) is 7.11. The van der Waals surface area contributed by atoms with Gasteiger partial charge >= 0.3 is 0 Å². The predicted molar refractivity (Wildman–Crippen MR) is 105 cm³/mol. The zero-order chi connectivity index (χ0) is 19.4. The number of carbonyl (C=O) groups excluding carboxylic acids is 1. The van der Waals surface area contributed by atoms with E-state index in [0.29, 0.717) is 17.0 Å². The molecular formula is C22H24N2O3. The highest BCUT2D eigenvalue weighted by molar-refractivity contribution is 6.00. The van der Waals surface area contributed by atoms with Gasteiger partial charge in [0.25, 0.3) is 5.91 Å². The number of carbonyl (C=O) groups is 1. The van der Waals surface area contributed by atoms with Crippen molar-refractivity contribution in [3.63, 3.8) is 0 Å². The first-order chi connectivity index (χ1) is 13.0. The van der Waals surface area contributed by atoms with E-state index in [1.54, 1.807) is 6.92 Å². The fourth-order valence-corrected chi connectivity index (χ4v) is 2.91. The van der Waals surface area contributed by atoms with Gasteiger partial charge in [0.15, 0.2) is 0 Å². The second-order valence-electron chi connectivity index (χ2n) is 6.76. The number of nitrogens with one attached hydrogen (secondary N) is 1. The van der Waals surface area contributed by atoms with E-state index < -0.39 is 0 Å². The highest BCUT2D eigenvalue weighted by Gasteiger charge is 2.23. The molecule has 0 aliphatic heterocycles. The third-order valence-electron chi connectivity index (χ3n) is 4.21. The number of aryl methyl sites for hydroxylation is 1. The minimum absolute atomic E-state index is 0.0956. The molecule has 1 N–H and O–H groups in total. The molecule has 1 atom stereocenters. The first kappa shape index (κ1) is 18.7. The van der Waals surface area contributed by atoms with Gasteiger partial charge in [-0.3, -0.25) is 4.79 Å². The highest BCUT2D eigenvalue weighted by Crippen LogP contribution is 2.26. The SMILES string of the molecule is Cc1onc(-c2ccccc2)c1C(=O)NC(C)c1cccc(OC(C)C)c1. The van der Waals surface area contributed by atoms with Gasteiger partial charge in [-0.2, -0.15) is 0 Å². The van der Waals surface area contributed by atoms with Crippen molar-refractivity contribution < 1.29 is 14.1 Å². The van der Waals surface area contributed by atoms with Crippen molar-refractivity contribution in [3.8, 4) is 17.0 Å². The number of hydrogen-bond donors (Lipinski definition) is 1. The molecule has 1 unspecified atom stereocenters. The molecule has 5 nitrogen and oxygen atoms in total. The lowest BCUT2D eigenvalue weighted by atomic mass is 10.0. The first-order valence-electron chi connectivity index (χ1n) is 9.05. The monoisotopic (exact) mass is 364 g/mol. The molecule has 0 saturated heterocycles. The number of ether oxygens (including phenoxy) is 1. The van der Waals surface area contributed by atoms with Crippen LogP contribution in [0, 0.1) is 6.92 Å². The molecule has 1 aromatic heterocycles. The van der Waals surface area contributed by atoms with Crippen LogP contribution in [-0.2, 0) is 0 Å². The smallest absolute Gasteiger partial charge is 0.257 e. The van der Waals surface area contributed by atoms with Gasteiger partial charge in [-0.15, -0.1) is 0 Å². The van der Waals surface area contributed by atoms with Gasteiger partial charge < -0.3 is 14.6 Å². The van der Waals surface area contributed by atoms with E-state index in [4.69, 9.17) is 9.26 Å². The van der Waals surface area contributed by atoms with E-state index in [2.05, 4.69) is 10.5 Å². The lowest BCUT2D eigenvalue weighted by Gasteiger charge is -2.16. The molecule has 3 aromatic rings. The molecule has 0 bridgehead atoms. The second-order valence-corrected chi connectivity index (χ2v) is 6.76. The molecule has 3 rings (SSSR count). The quantitative estimate of drug-likeness (QED) is 0.674. The maximum atomic E-state index is 12.9. The van der Waals surface area contributed by atoms with Crippen molar-refractivity contribution in [2.24, 2.45) is 0 Å². The third-order valence-corrected chi connectivity index (χ3v) is 4.21. The predicted octanol–water partition coefficient (Wildman–Crippen LogP) is 4.93. The molecule has 1 amide bonds. The van der Waals surface area contributed by atoms with Gasteiger partial charge in [0.2, 0.25) is 0 Å². The van der Waals surface area contributed by atoms with Crippen LogP contribution < -0.4 is 10.1 Å². The molecule has 1 heterocycles. The first-order valence-corrected chi connectivity index (χ1v) is 9.05. The number of hydrogen-bond acceptors (Lipinski definition) is 4. The van der Waals surface area contributed by atoms with Crippen LogP contribution in [0.2, 0.25) is 0 Å². The van der Waals surface area contributed by atoms with Crippen molar-refractivity contribution in [3.05, 3.63) is 71.5 Å². The van der Waals surface area contributed by atoms with E-state index in [1.165, 1.54) is 0 Å². The Kier molecular flexibility index (Phi) is 5.60. The molecule has 27 heavy (non-hydrogen) atoms. The van der Waals surface area contributed by atoms with Gasteiger partial charge in [-0.05, 0) is 45.4 Å². The molecule has 0 aliphatic rings. The van der Waals surface area contributed by atoms with Crippen molar-refractivity contribution in [2.75, 3.05) is 0 Å². The van der Waals surface area contributed by atoms with Crippen LogP contribution in [0.4, 0.5) is 0 Å². The van der Waals surface area contributed by atoms with Crippen LogP contribution in [0.3, 0.4) is 0 Å². The summed E-state index contributed by atoms with van der Waals surface area (Å²) in [5.41, 5.74) is 2.83. The fourth-order valence-electron chi connectivity index (χ4n) is 2.91. The Balaban J connectivity index is 1.81. The minimum Gasteiger partial charge on any atom is -0.491 e. The highest BCUT2D eigenvalue weighted by atomic mass is 16.5. The Bertz CT molecular complexity index is 916. The number of benzene rings is 2. The van der Waals surface area contributed by atoms with Crippen molar-refractivity contribution in [1.29, 1.82) is 0 Å². The molecule has 0 spiro atoms. The van der Waals surface area contributed by atoms with Crippen molar-refractivity contribution in [1.82, 2.24) is 10.5 Å². The summed E-state index contributed by atoms with van der Waals surface area (Å²) in [6.45, 7) is 7.66. The van der Waals surface area contributed by atoms with Gasteiger partial charge in [-0.1, -0.05) is 47.6 Å². The normalized spacial score (nSPS) is 12.0. The molecule has 0 fully saturated rings. The van der Waals surface area contributed by atoms with Gasteiger partial charge in [0, 0.05) is 5.56 Å². The maximum Gasteiger partial charge on any atom is 0.257 e. The van der Waals surface area contributed by atoms with Gasteiger partial charge in [0.05, 0.1) is 12.1 Å². The Morgan fingerprint density at radius 2 is 1.81 bits per heavy atom. The Morgan fingerprint density at radius 3 is 2.52 bits per heavy atom. The molecule has 140 valence electrons. The van der Waals surface area contributed by atoms with E-state index in [-0.39, 0.29) is 18.1 Å². The van der Waals surface area contributed by atoms with Crippen LogP contribution >= 0.6 is 0 Å². The van der Waals surface area contributed by atoms with E-state index in [0.717, 1.165) is 16.9 Å². The molecule has 2 aromatic carbocycles. The number of nitrogens with zero attached hydrogens (tertiary/aromatic N) is 1.